The van der Waals surface area contributed by atoms with Crippen LogP contribution in [0.5, 0.6) is 0 Å². The van der Waals surface area contributed by atoms with Crippen LogP contribution in [0.1, 0.15) is 24.8 Å². The zero-order valence-corrected chi connectivity index (χ0v) is 11.1. The van der Waals surface area contributed by atoms with Crippen LogP contribution in [0.25, 0.3) is 0 Å². The van der Waals surface area contributed by atoms with Crippen molar-refractivity contribution in [3.63, 3.8) is 0 Å². The van der Waals surface area contributed by atoms with Crippen LogP contribution in [-0.4, -0.2) is 34.2 Å². The minimum Gasteiger partial charge on any atom is -0.395 e. The summed E-state index contributed by atoms with van der Waals surface area (Å²) in [5.41, 5.74) is 0.969. The molecule has 0 saturated carbocycles. The lowest BCUT2D eigenvalue weighted by atomic mass is 10.0. The molecule has 1 atom stereocenters. The molecule has 0 bridgehead atoms. The molecule has 1 aliphatic rings. The van der Waals surface area contributed by atoms with Crippen LogP contribution in [-0.2, 0) is 6.54 Å². The summed E-state index contributed by atoms with van der Waals surface area (Å²) in [4.78, 5) is 6.30. The quantitative estimate of drug-likeness (QED) is 0.862. The Kier molecular flexibility index (Phi) is 4.62. The molecule has 1 aromatic heterocycles. The number of hydrogen-bond donors (Lipinski definition) is 1. The second-order valence-electron chi connectivity index (χ2n) is 4.39. The zero-order chi connectivity index (χ0) is 12.3. The van der Waals surface area contributed by atoms with Crippen molar-refractivity contribution in [2.24, 2.45) is 0 Å². The number of pyridine rings is 1. The first-order valence-electron chi connectivity index (χ1n) is 5.86. The van der Waals surface area contributed by atoms with Gasteiger partial charge in [0.15, 0.2) is 0 Å². The fourth-order valence-electron chi connectivity index (χ4n) is 2.25. The predicted octanol–water partition coefficient (Wildman–Crippen LogP) is 2.74. The van der Waals surface area contributed by atoms with Gasteiger partial charge in [-0.1, -0.05) is 35.7 Å². The second-order valence-corrected chi connectivity index (χ2v) is 5.13. The number of aliphatic hydroxyl groups excluding tert-OH is 1. The molecule has 1 aromatic rings. The molecule has 0 spiro atoms. The van der Waals surface area contributed by atoms with Gasteiger partial charge in [-0.3, -0.25) is 4.90 Å². The second kappa shape index (κ2) is 6.01. The van der Waals surface area contributed by atoms with Crippen molar-refractivity contribution in [3.05, 3.63) is 28.0 Å². The van der Waals surface area contributed by atoms with Gasteiger partial charge in [0.1, 0.15) is 10.3 Å². The molecule has 1 saturated heterocycles. The standard InChI is InChI=1S/C12H16Cl2N2O/c13-11-5-4-9(12(14)15-11)7-16-6-2-1-3-10(16)8-17/h4-5,10,17H,1-3,6-8H2. The smallest absolute Gasteiger partial charge is 0.135 e. The van der Waals surface area contributed by atoms with E-state index >= 15 is 0 Å². The Morgan fingerprint density at radius 2 is 2.18 bits per heavy atom. The van der Waals surface area contributed by atoms with Crippen LogP contribution in [0.3, 0.4) is 0 Å². The molecule has 1 aliphatic heterocycles. The zero-order valence-electron chi connectivity index (χ0n) is 9.57. The summed E-state index contributed by atoms with van der Waals surface area (Å²) >= 11 is 11.8. The third-order valence-corrected chi connectivity index (χ3v) is 3.76. The molecule has 0 aliphatic carbocycles. The molecular weight excluding hydrogens is 259 g/mol. The van der Waals surface area contributed by atoms with Crippen molar-refractivity contribution in [1.29, 1.82) is 0 Å². The highest BCUT2D eigenvalue weighted by molar-refractivity contribution is 6.32. The van der Waals surface area contributed by atoms with Gasteiger partial charge in [0.2, 0.25) is 0 Å². The molecule has 17 heavy (non-hydrogen) atoms. The number of rotatable bonds is 3. The number of piperidine rings is 1. The highest BCUT2D eigenvalue weighted by atomic mass is 35.5. The first-order chi connectivity index (χ1) is 8.20. The van der Waals surface area contributed by atoms with E-state index in [0.29, 0.717) is 10.3 Å². The highest BCUT2D eigenvalue weighted by Gasteiger charge is 2.22. The van der Waals surface area contributed by atoms with Gasteiger partial charge in [0.25, 0.3) is 0 Å². The largest absolute Gasteiger partial charge is 0.395 e. The van der Waals surface area contributed by atoms with Gasteiger partial charge in [-0.05, 0) is 25.5 Å². The third kappa shape index (κ3) is 3.32. The lowest BCUT2D eigenvalue weighted by Gasteiger charge is -2.34. The molecule has 0 radical (unpaired) electrons. The van der Waals surface area contributed by atoms with Gasteiger partial charge in [0, 0.05) is 18.2 Å². The molecule has 0 amide bonds. The lowest BCUT2D eigenvalue weighted by Crippen LogP contribution is -2.41. The maximum Gasteiger partial charge on any atom is 0.135 e. The summed E-state index contributed by atoms with van der Waals surface area (Å²) in [6.07, 6.45) is 3.42. The third-order valence-electron chi connectivity index (χ3n) is 3.23. The van der Waals surface area contributed by atoms with E-state index in [1.807, 2.05) is 6.07 Å². The first-order valence-corrected chi connectivity index (χ1v) is 6.62. The number of aliphatic hydroxyl groups is 1. The summed E-state index contributed by atoms with van der Waals surface area (Å²) < 4.78 is 0. The molecule has 5 heteroatoms. The molecule has 1 N–H and O–H groups in total. The Bertz CT molecular complexity index is 387. The van der Waals surface area contributed by atoms with Crippen LogP contribution < -0.4 is 0 Å². The number of aromatic nitrogens is 1. The molecule has 3 nitrogen and oxygen atoms in total. The number of likely N-dealkylation sites (tertiary alicyclic amines) is 1. The Morgan fingerprint density at radius 1 is 1.35 bits per heavy atom. The van der Waals surface area contributed by atoms with E-state index in [9.17, 15) is 5.11 Å². The van der Waals surface area contributed by atoms with Crippen LogP contribution in [0.15, 0.2) is 12.1 Å². The van der Waals surface area contributed by atoms with Gasteiger partial charge < -0.3 is 5.11 Å². The Balaban J connectivity index is 2.08. The molecular formula is C12H16Cl2N2O. The Morgan fingerprint density at radius 3 is 2.88 bits per heavy atom. The Hall–Kier alpha value is -0.350. The first kappa shape index (κ1) is 13.1. The highest BCUT2D eigenvalue weighted by Crippen LogP contribution is 2.23. The Labute approximate surface area is 111 Å². The van der Waals surface area contributed by atoms with Gasteiger partial charge in [-0.15, -0.1) is 0 Å². The summed E-state index contributed by atoms with van der Waals surface area (Å²) in [6.45, 7) is 1.94. The molecule has 94 valence electrons. The number of halogens is 2. The van der Waals surface area contributed by atoms with Gasteiger partial charge in [0.05, 0.1) is 6.61 Å². The number of nitrogens with zero attached hydrogens (tertiary/aromatic N) is 2. The number of hydrogen-bond acceptors (Lipinski definition) is 3. The van der Waals surface area contributed by atoms with Crippen molar-refractivity contribution < 1.29 is 5.11 Å². The average Bonchev–Trinajstić information content (AvgIpc) is 2.33. The topological polar surface area (TPSA) is 36.4 Å². The van der Waals surface area contributed by atoms with Crippen molar-refractivity contribution in [2.75, 3.05) is 13.2 Å². The van der Waals surface area contributed by atoms with Gasteiger partial charge in [-0.25, -0.2) is 4.98 Å². The normalized spacial score (nSPS) is 21.7. The molecule has 2 heterocycles. The van der Waals surface area contributed by atoms with E-state index in [1.165, 1.54) is 12.8 Å². The van der Waals surface area contributed by atoms with E-state index in [2.05, 4.69) is 9.88 Å². The van der Waals surface area contributed by atoms with E-state index in [4.69, 9.17) is 23.2 Å². The molecule has 1 unspecified atom stereocenters. The lowest BCUT2D eigenvalue weighted by molar-refractivity contribution is 0.0840. The van der Waals surface area contributed by atoms with E-state index in [0.717, 1.165) is 25.1 Å². The molecule has 0 aromatic carbocycles. The molecule has 2 rings (SSSR count). The van der Waals surface area contributed by atoms with Crippen LogP contribution >= 0.6 is 23.2 Å². The van der Waals surface area contributed by atoms with Gasteiger partial charge in [-0.2, -0.15) is 0 Å². The SMILES string of the molecule is OCC1CCCCN1Cc1ccc(Cl)nc1Cl. The fraction of sp³-hybridized carbons (Fsp3) is 0.583. The van der Waals surface area contributed by atoms with Crippen LogP contribution in [0, 0.1) is 0 Å². The maximum absolute atomic E-state index is 9.34. The van der Waals surface area contributed by atoms with Crippen molar-refractivity contribution in [3.8, 4) is 0 Å². The van der Waals surface area contributed by atoms with Crippen molar-refractivity contribution in [1.82, 2.24) is 9.88 Å². The minimum atomic E-state index is 0.207. The van der Waals surface area contributed by atoms with Crippen LogP contribution in [0.4, 0.5) is 0 Å². The van der Waals surface area contributed by atoms with Crippen LogP contribution in [0.2, 0.25) is 10.3 Å². The average molecular weight is 275 g/mol. The van der Waals surface area contributed by atoms with Gasteiger partial charge >= 0.3 is 0 Å². The minimum absolute atomic E-state index is 0.207. The summed E-state index contributed by atoms with van der Waals surface area (Å²) in [5.74, 6) is 0. The maximum atomic E-state index is 9.34. The van der Waals surface area contributed by atoms with Crippen molar-refractivity contribution in [2.45, 2.75) is 31.8 Å². The predicted molar refractivity (Wildman–Crippen MR) is 69.4 cm³/mol. The van der Waals surface area contributed by atoms with E-state index < -0.39 is 0 Å². The summed E-state index contributed by atoms with van der Waals surface area (Å²) in [6, 6.07) is 3.90. The van der Waals surface area contributed by atoms with E-state index in [-0.39, 0.29) is 12.6 Å². The fourth-order valence-corrected chi connectivity index (χ4v) is 2.66. The monoisotopic (exact) mass is 274 g/mol. The summed E-state index contributed by atoms with van der Waals surface area (Å²) in [7, 11) is 0. The summed E-state index contributed by atoms with van der Waals surface area (Å²) in [5, 5.41) is 10.2. The molecule has 1 fully saturated rings. The van der Waals surface area contributed by atoms with E-state index in [1.54, 1.807) is 6.07 Å². The van der Waals surface area contributed by atoms with Crippen molar-refractivity contribution >= 4 is 23.2 Å².